The molecule has 1 saturated carbocycles. The Morgan fingerprint density at radius 3 is 2.08 bits per heavy atom. The van der Waals surface area contributed by atoms with Crippen LogP contribution in [0.15, 0.2) is 35.3 Å². The van der Waals surface area contributed by atoms with Gasteiger partial charge in [-0.3, -0.25) is 5.41 Å². The number of aliphatic carboxylic acids is 1. The number of nitrogens with one attached hydrogen (secondary N) is 3. The van der Waals surface area contributed by atoms with E-state index in [2.05, 4.69) is 15.6 Å². The maximum atomic E-state index is 11.3. The number of rotatable bonds is 11. The number of guanidine groups is 2. The SMILES string of the molecule is CN[C@@H]1[C@H](O[C@H]2[C@H](O[C@H]3[C@H](O)[C@@H](O)[C@H](NC(=N)N)[C@@H](O)[C@@H]3N=C(N)N)O[C@@H](C)[C@]2(O)CO)O[C@@H](CO)[C@H](O)[C@H]1O.O=C(O)C(O)c1ccccc1. The van der Waals surface area contributed by atoms with Crippen molar-refractivity contribution < 1.29 is 74.8 Å². The number of carbonyl (C=O) groups is 1. The molecular formula is C29H49N7O15. The molecule has 0 spiro atoms. The van der Waals surface area contributed by atoms with E-state index in [1.165, 1.54) is 14.0 Å². The van der Waals surface area contributed by atoms with Crippen molar-refractivity contribution in [3.8, 4) is 0 Å². The highest BCUT2D eigenvalue weighted by Gasteiger charge is 2.60. The van der Waals surface area contributed by atoms with Gasteiger partial charge in [-0.1, -0.05) is 30.3 Å². The van der Waals surface area contributed by atoms with Crippen molar-refractivity contribution in [1.29, 1.82) is 5.41 Å². The molecule has 22 nitrogen and oxygen atoms in total. The van der Waals surface area contributed by atoms with Gasteiger partial charge in [-0.2, -0.15) is 0 Å². The Bertz CT molecular complexity index is 1320. The minimum atomic E-state index is -2.15. The molecule has 22 heteroatoms. The number of hydrogen-bond acceptors (Lipinski definition) is 17. The third-order valence-electron chi connectivity index (χ3n) is 8.90. The lowest BCUT2D eigenvalue weighted by Gasteiger charge is -2.46. The first kappa shape index (κ1) is 42.1. The number of aliphatic imine (C=N–C) groups is 1. The zero-order valence-electron chi connectivity index (χ0n) is 27.7. The van der Waals surface area contributed by atoms with Crippen molar-refractivity contribution >= 4 is 17.9 Å². The van der Waals surface area contributed by atoms with Crippen LogP contribution in [0.3, 0.4) is 0 Å². The molecule has 0 radical (unpaired) electrons. The fourth-order valence-electron chi connectivity index (χ4n) is 5.99. The monoisotopic (exact) mass is 735 g/mol. The number of hydrogen-bond donors (Lipinski definition) is 16. The quantitative estimate of drug-likeness (QED) is 0.0741. The van der Waals surface area contributed by atoms with Gasteiger partial charge in [0.25, 0.3) is 0 Å². The molecular weight excluding hydrogens is 686 g/mol. The topological polar surface area (TPSA) is 395 Å². The Morgan fingerprint density at radius 2 is 1.57 bits per heavy atom. The van der Waals surface area contributed by atoms with E-state index in [-0.39, 0.29) is 0 Å². The highest BCUT2D eigenvalue weighted by molar-refractivity contribution is 5.76. The fraction of sp³-hybridized carbons (Fsp3) is 0.690. The van der Waals surface area contributed by atoms with Crippen LogP contribution in [0, 0.1) is 5.41 Å². The molecule has 1 aromatic carbocycles. The molecule has 2 aliphatic heterocycles. The molecule has 1 aliphatic carbocycles. The van der Waals surface area contributed by atoms with Gasteiger partial charge in [0.15, 0.2) is 30.6 Å². The number of nitrogens with two attached hydrogens (primary N) is 3. The molecule has 290 valence electrons. The third-order valence-corrected chi connectivity index (χ3v) is 8.90. The molecule has 3 fully saturated rings. The van der Waals surface area contributed by atoms with Gasteiger partial charge in [0, 0.05) is 0 Å². The lowest BCUT2D eigenvalue weighted by molar-refractivity contribution is -0.317. The van der Waals surface area contributed by atoms with Gasteiger partial charge in [0.1, 0.15) is 60.5 Å². The highest BCUT2D eigenvalue weighted by atomic mass is 16.8. The normalized spacial score (nSPS) is 40.0. The van der Waals surface area contributed by atoms with Crippen molar-refractivity contribution in [2.75, 3.05) is 20.3 Å². The highest BCUT2D eigenvalue weighted by Crippen LogP contribution is 2.39. The van der Waals surface area contributed by atoms with Gasteiger partial charge in [0.05, 0.1) is 31.4 Å². The summed E-state index contributed by atoms with van der Waals surface area (Å²) in [5.41, 5.74) is 14.6. The van der Waals surface area contributed by atoms with E-state index in [9.17, 15) is 45.6 Å². The molecule has 0 bridgehead atoms. The molecule has 19 N–H and O–H groups in total. The number of nitrogens with zero attached hydrogens (tertiary/aromatic N) is 1. The maximum absolute atomic E-state index is 11.3. The Hall–Kier alpha value is -3.33. The smallest absolute Gasteiger partial charge is 0.337 e. The molecule has 3 aliphatic rings. The van der Waals surface area contributed by atoms with Crippen LogP contribution in [0.5, 0.6) is 0 Å². The Balaban J connectivity index is 0.000000542. The number of aliphatic hydroxyl groups is 9. The first-order chi connectivity index (χ1) is 23.9. The van der Waals surface area contributed by atoms with Crippen LogP contribution in [-0.2, 0) is 23.7 Å². The van der Waals surface area contributed by atoms with E-state index >= 15 is 0 Å². The maximum Gasteiger partial charge on any atom is 0.337 e. The van der Waals surface area contributed by atoms with Gasteiger partial charge >= 0.3 is 5.97 Å². The van der Waals surface area contributed by atoms with Crippen LogP contribution in [0.2, 0.25) is 0 Å². The van der Waals surface area contributed by atoms with Gasteiger partial charge < -0.3 is 97.8 Å². The second kappa shape index (κ2) is 17.9. The van der Waals surface area contributed by atoms with Crippen LogP contribution in [0.4, 0.5) is 0 Å². The number of ether oxygens (including phenoxy) is 4. The zero-order valence-corrected chi connectivity index (χ0v) is 27.7. The van der Waals surface area contributed by atoms with E-state index < -0.39 is 128 Å². The molecule has 4 rings (SSSR count). The van der Waals surface area contributed by atoms with Crippen LogP contribution in [0.25, 0.3) is 0 Å². The number of likely N-dealkylation sites (N-methyl/N-ethyl adjacent to an activating group) is 1. The molecule has 0 amide bonds. The summed E-state index contributed by atoms with van der Waals surface area (Å²) in [7, 11) is 1.44. The zero-order chi connectivity index (χ0) is 38.4. The summed E-state index contributed by atoms with van der Waals surface area (Å²) < 4.78 is 23.2. The van der Waals surface area contributed by atoms with E-state index in [4.69, 9.17) is 51.8 Å². The second-order valence-electron chi connectivity index (χ2n) is 12.2. The van der Waals surface area contributed by atoms with Crippen molar-refractivity contribution in [1.82, 2.24) is 10.6 Å². The predicted molar refractivity (Wildman–Crippen MR) is 172 cm³/mol. The Labute approximate surface area is 291 Å². The van der Waals surface area contributed by atoms with Gasteiger partial charge in [-0.05, 0) is 19.5 Å². The molecule has 2 heterocycles. The lowest BCUT2D eigenvalue weighted by atomic mass is 9.81. The summed E-state index contributed by atoms with van der Waals surface area (Å²) in [6.45, 7) is -0.204. The molecule has 2 saturated heterocycles. The number of benzene rings is 1. The van der Waals surface area contributed by atoms with E-state index in [1.54, 1.807) is 30.3 Å². The van der Waals surface area contributed by atoms with Crippen molar-refractivity contribution in [2.24, 2.45) is 22.2 Å². The summed E-state index contributed by atoms with van der Waals surface area (Å²) in [5.74, 6) is -2.36. The summed E-state index contributed by atoms with van der Waals surface area (Å²) in [4.78, 5) is 14.2. The van der Waals surface area contributed by atoms with Crippen molar-refractivity contribution in [2.45, 2.75) is 104 Å². The summed E-state index contributed by atoms with van der Waals surface area (Å²) >= 11 is 0. The minimum absolute atomic E-state index is 0.403. The fourth-order valence-corrected chi connectivity index (χ4v) is 5.99. The van der Waals surface area contributed by atoms with E-state index in [1.807, 2.05) is 0 Å². The van der Waals surface area contributed by atoms with Crippen LogP contribution < -0.4 is 27.8 Å². The van der Waals surface area contributed by atoms with Gasteiger partial charge in [-0.15, -0.1) is 0 Å². The van der Waals surface area contributed by atoms with E-state index in [0.29, 0.717) is 5.56 Å². The van der Waals surface area contributed by atoms with Crippen molar-refractivity contribution in [3.05, 3.63) is 35.9 Å². The van der Waals surface area contributed by atoms with Gasteiger partial charge in [-0.25, -0.2) is 9.79 Å². The minimum Gasteiger partial charge on any atom is -0.479 e. The standard InChI is InChI=1S/C21H41N7O12.C8H8O3/c1-5-21(36,4-30)16(40-17-9(26-2)13(34)10(31)6(3-29)38-17)18(37-5)39-15-8(28-20(24)25)11(32)7(27-19(22)23)12(33)14(15)35;9-7(8(10)11)6-4-2-1-3-5-6/h5-18,26,29-36H,3-4H2,1-2H3,(H4,22,23,27)(H4,24,25,28);1-5,7,9H,(H,10,11)/t5-,6-,7+,8-,9-,10-,11+,12-,13-,14+,15+,16-,17-,18-,21+;/m0./s1. The average molecular weight is 736 g/mol. The molecule has 1 aromatic rings. The summed E-state index contributed by atoms with van der Waals surface area (Å²) in [6.07, 6.45) is -18.3. The van der Waals surface area contributed by atoms with Crippen LogP contribution in [-0.4, -0.2) is 180 Å². The molecule has 51 heavy (non-hydrogen) atoms. The molecule has 0 aromatic heterocycles. The van der Waals surface area contributed by atoms with E-state index in [0.717, 1.165) is 0 Å². The van der Waals surface area contributed by atoms with Gasteiger partial charge in [0.2, 0.25) is 0 Å². The summed E-state index contributed by atoms with van der Waals surface area (Å²) in [5, 5.41) is 114. The van der Waals surface area contributed by atoms with Crippen LogP contribution in [0.1, 0.15) is 18.6 Å². The number of carboxylic acid groups (broad SMARTS) is 1. The summed E-state index contributed by atoms with van der Waals surface area (Å²) in [6, 6.07) is 4.32. The van der Waals surface area contributed by atoms with Crippen molar-refractivity contribution in [3.63, 3.8) is 0 Å². The first-order valence-corrected chi connectivity index (χ1v) is 15.7. The number of carboxylic acids is 1. The third kappa shape index (κ3) is 9.37. The Kier molecular flexibility index (Phi) is 14.8. The lowest BCUT2D eigenvalue weighted by Crippen LogP contribution is -2.70. The average Bonchev–Trinajstić information content (AvgIpc) is 3.33. The van der Waals surface area contributed by atoms with Crippen LogP contribution >= 0.6 is 0 Å². The number of aliphatic hydroxyl groups excluding tert-OH is 8. The predicted octanol–water partition coefficient (Wildman–Crippen LogP) is -7.35. The largest absolute Gasteiger partial charge is 0.479 e. The molecule has 16 atom stereocenters. The first-order valence-electron chi connectivity index (χ1n) is 15.7. The second-order valence-corrected chi connectivity index (χ2v) is 12.2. The Morgan fingerprint density at radius 1 is 0.961 bits per heavy atom. The molecule has 1 unspecified atom stereocenters.